The Kier molecular flexibility index (Phi) is 6.04. The molecule has 1 rings (SSSR count). The predicted molar refractivity (Wildman–Crippen MR) is 68.3 cm³/mol. The Bertz CT molecular complexity index is 430. The van der Waals surface area contributed by atoms with E-state index in [0.29, 0.717) is 12.3 Å². The number of carbonyl (C=O) groups is 2. The number of methoxy groups -OCH3 is 1. The van der Waals surface area contributed by atoms with Crippen LogP contribution in [0.3, 0.4) is 0 Å². The second-order valence-corrected chi connectivity index (χ2v) is 4.02. The molecule has 0 radical (unpaired) electrons. The van der Waals surface area contributed by atoms with E-state index in [4.69, 9.17) is 4.74 Å². The number of nitrogens with one attached hydrogen (secondary N) is 2. The molecule has 0 aliphatic carbocycles. The molecule has 0 bridgehead atoms. The van der Waals surface area contributed by atoms with E-state index in [1.165, 1.54) is 7.11 Å². The Morgan fingerprint density at radius 1 is 1.42 bits per heavy atom. The number of hydrogen-bond donors (Lipinski definition) is 3. The molecule has 7 nitrogen and oxygen atoms in total. The van der Waals surface area contributed by atoms with Gasteiger partial charge in [0, 0.05) is 39.1 Å². The summed E-state index contributed by atoms with van der Waals surface area (Å²) in [6, 6.07) is 3.54. The van der Waals surface area contributed by atoms with Crippen molar-refractivity contribution in [2.45, 2.75) is 6.10 Å². The standard InChI is InChI=1S/C12H19N3O4/c1-15-6-3-4-9(15)10(16)8-14-12(18)11(17)13-5-7-19-2/h3-4,6,10,16H,5,7-8H2,1-2H3,(H,13,17)(H,14,18). The number of ether oxygens (including phenoxy) is 1. The molecule has 1 heterocycles. The second-order valence-electron chi connectivity index (χ2n) is 4.02. The number of rotatable bonds is 6. The minimum Gasteiger partial charge on any atom is -0.385 e. The lowest BCUT2D eigenvalue weighted by molar-refractivity contribution is -0.139. The van der Waals surface area contributed by atoms with Gasteiger partial charge in [0.15, 0.2) is 0 Å². The van der Waals surface area contributed by atoms with Crippen molar-refractivity contribution in [2.75, 3.05) is 26.8 Å². The minimum absolute atomic E-state index is 0.0195. The lowest BCUT2D eigenvalue weighted by atomic mass is 10.2. The van der Waals surface area contributed by atoms with E-state index in [0.717, 1.165) is 0 Å². The maximum absolute atomic E-state index is 11.4. The SMILES string of the molecule is COCCNC(=O)C(=O)NCC(O)c1cccn1C. The van der Waals surface area contributed by atoms with E-state index in [2.05, 4.69) is 10.6 Å². The van der Waals surface area contributed by atoms with Gasteiger partial charge >= 0.3 is 11.8 Å². The molecule has 0 saturated heterocycles. The molecule has 1 aromatic rings. The first-order valence-electron chi connectivity index (χ1n) is 5.90. The zero-order valence-electron chi connectivity index (χ0n) is 11.0. The molecule has 0 aliphatic rings. The summed E-state index contributed by atoms with van der Waals surface area (Å²) in [4.78, 5) is 22.7. The summed E-state index contributed by atoms with van der Waals surface area (Å²) in [7, 11) is 3.29. The third-order valence-electron chi connectivity index (χ3n) is 2.58. The van der Waals surface area contributed by atoms with Crippen LogP contribution in [0.5, 0.6) is 0 Å². The minimum atomic E-state index is -0.851. The number of aliphatic hydroxyl groups excluding tert-OH is 1. The van der Waals surface area contributed by atoms with Crippen molar-refractivity contribution in [3.8, 4) is 0 Å². The molecule has 0 aromatic carbocycles. The Morgan fingerprint density at radius 3 is 2.68 bits per heavy atom. The average Bonchev–Trinajstić information content (AvgIpc) is 2.82. The third-order valence-corrected chi connectivity index (χ3v) is 2.58. The van der Waals surface area contributed by atoms with E-state index in [9.17, 15) is 14.7 Å². The van der Waals surface area contributed by atoms with Crippen LogP contribution >= 0.6 is 0 Å². The first-order chi connectivity index (χ1) is 9.06. The normalized spacial score (nSPS) is 11.9. The van der Waals surface area contributed by atoms with Gasteiger partial charge in [0.1, 0.15) is 6.10 Å². The van der Waals surface area contributed by atoms with Crippen LogP contribution in [0.1, 0.15) is 11.8 Å². The van der Waals surface area contributed by atoms with E-state index in [-0.39, 0.29) is 13.1 Å². The van der Waals surface area contributed by atoms with Gasteiger partial charge in [-0.05, 0) is 12.1 Å². The van der Waals surface area contributed by atoms with Crippen LogP contribution < -0.4 is 10.6 Å². The van der Waals surface area contributed by atoms with Crippen LogP contribution in [0, 0.1) is 0 Å². The predicted octanol–water partition coefficient (Wildman–Crippen LogP) is -1.06. The van der Waals surface area contributed by atoms with Gasteiger partial charge in [-0.3, -0.25) is 9.59 Å². The molecule has 19 heavy (non-hydrogen) atoms. The first-order valence-corrected chi connectivity index (χ1v) is 5.90. The summed E-state index contributed by atoms with van der Waals surface area (Å²) in [5.41, 5.74) is 0.667. The molecule has 2 amide bonds. The van der Waals surface area contributed by atoms with Crippen molar-refractivity contribution in [1.82, 2.24) is 15.2 Å². The Labute approximate surface area is 111 Å². The lowest BCUT2D eigenvalue weighted by Gasteiger charge is -2.13. The quantitative estimate of drug-likeness (QED) is 0.453. The largest absolute Gasteiger partial charge is 0.385 e. The summed E-state index contributed by atoms with van der Waals surface area (Å²) in [6.07, 6.45) is 0.938. The number of aryl methyl sites for hydroxylation is 1. The maximum Gasteiger partial charge on any atom is 0.309 e. The highest BCUT2D eigenvalue weighted by atomic mass is 16.5. The molecular weight excluding hydrogens is 250 g/mol. The number of aliphatic hydroxyl groups is 1. The van der Waals surface area contributed by atoms with E-state index < -0.39 is 17.9 Å². The van der Waals surface area contributed by atoms with Crippen LogP contribution in [0.4, 0.5) is 0 Å². The van der Waals surface area contributed by atoms with Crippen molar-refractivity contribution in [3.05, 3.63) is 24.0 Å². The summed E-state index contributed by atoms with van der Waals surface area (Å²) < 4.78 is 6.49. The van der Waals surface area contributed by atoms with Gasteiger partial charge in [-0.15, -0.1) is 0 Å². The second kappa shape index (κ2) is 7.55. The van der Waals surface area contributed by atoms with Crippen LogP contribution in [-0.4, -0.2) is 48.3 Å². The highest BCUT2D eigenvalue weighted by molar-refractivity contribution is 6.35. The molecular formula is C12H19N3O4. The van der Waals surface area contributed by atoms with Gasteiger partial charge in [0.25, 0.3) is 0 Å². The summed E-state index contributed by atoms with van der Waals surface area (Å²) >= 11 is 0. The van der Waals surface area contributed by atoms with Crippen molar-refractivity contribution < 1.29 is 19.4 Å². The Morgan fingerprint density at radius 2 is 2.11 bits per heavy atom. The highest BCUT2D eigenvalue weighted by Gasteiger charge is 2.16. The lowest BCUT2D eigenvalue weighted by Crippen LogP contribution is -2.42. The smallest absolute Gasteiger partial charge is 0.309 e. The first kappa shape index (κ1) is 15.2. The van der Waals surface area contributed by atoms with Gasteiger partial charge in [-0.1, -0.05) is 0 Å². The van der Waals surface area contributed by atoms with Gasteiger partial charge in [-0.25, -0.2) is 0 Å². The number of hydrogen-bond acceptors (Lipinski definition) is 4. The van der Waals surface area contributed by atoms with Crippen LogP contribution in [0.25, 0.3) is 0 Å². The van der Waals surface area contributed by atoms with Gasteiger partial charge < -0.3 is 25.0 Å². The molecule has 3 N–H and O–H groups in total. The molecule has 106 valence electrons. The van der Waals surface area contributed by atoms with E-state index >= 15 is 0 Å². The summed E-state index contributed by atoms with van der Waals surface area (Å²) in [6.45, 7) is 0.586. The third kappa shape index (κ3) is 4.72. The van der Waals surface area contributed by atoms with Crippen LogP contribution in [-0.2, 0) is 21.4 Å². The van der Waals surface area contributed by atoms with Gasteiger partial charge in [0.05, 0.1) is 6.61 Å². The summed E-state index contributed by atoms with van der Waals surface area (Å²) in [5.74, 6) is -1.51. The zero-order valence-corrected chi connectivity index (χ0v) is 11.0. The van der Waals surface area contributed by atoms with Crippen molar-refractivity contribution in [3.63, 3.8) is 0 Å². The van der Waals surface area contributed by atoms with E-state index in [1.54, 1.807) is 29.9 Å². The molecule has 1 aromatic heterocycles. The van der Waals surface area contributed by atoms with E-state index in [1.807, 2.05) is 0 Å². The maximum atomic E-state index is 11.4. The topological polar surface area (TPSA) is 92.6 Å². The van der Waals surface area contributed by atoms with Crippen molar-refractivity contribution >= 4 is 11.8 Å². The number of aromatic nitrogens is 1. The fourth-order valence-electron chi connectivity index (χ4n) is 1.54. The fraction of sp³-hybridized carbons (Fsp3) is 0.500. The average molecular weight is 269 g/mol. The number of carbonyl (C=O) groups excluding carboxylic acids is 2. The Hall–Kier alpha value is -1.86. The molecule has 1 unspecified atom stereocenters. The molecule has 7 heteroatoms. The van der Waals surface area contributed by atoms with Gasteiger partial charge in [-0.2, -0.15) is 0 Å². The fourth-order valence-corrected chi connectivity index (χ4v) is 1.54. The monoisotopic (exact) mass is 269 g/mol. The van der Waals surface area contributed by atoms with Crippen molar-refractivity contribution in [2.24, 2.45) is 7.05 Å². The number of amides is 2. The van der Waals surface area contributed by atoms with Crippen molar-refractivity contribution in [1.29, 1.82) is 0 Å². The summed E-state index contributed by atoms with van der Waals surface area (Å²) in [5, 5.41) is 14.6. The van der Waals surface area contributed by atoms with Crippen LogP contribution in [0.15, 0.2) is 18.3 Å². The molecule has 1 atom stereocenters. The molecule has 0 saturated carbocycles. The van der Waals surface area contributed by atoms with Crippen LogP contribution in [0.2, 0.25) is 0 Å². The molecule has 0 fully saturated rings. The highest BCUT2D eigenvalue weighted by Crippen LogP contribution is 2.10. The molecule has 0 spiro atoms. The van der Waals surface area contributed by atoms with Gasteiger partial charge in [0.2, 0.25) is 0 Å². The zero-order chi connectivity index (χ0) is 14.3. The molecule has 0 aliphatic heterocycles. The Balaban J connectivity index is 2.34. The number of nitrogens with zero attached hydrogens (tertiary/aromatic N) is 1.